The monoisotopic (exact) mass is 213 g/mol. The van der Waals surface area contributed by atoms with Gasteiger partial charge >= 0.3 is 5.97 Å². The second kappa shape index (κ2) is 5.14. The maximum absolute atomic E-state index is 11.4. The third-order valence-corrected chi connectivity index (χ3v) is 3.25. The molecule has 0 radical (unpaired) electrons. The molecule has 4 nitrogen and oxygen atoms in total. The number of amides is 1. The number of carboxylic acids is 1. The highest BCUT2D eigenvalue weighted by molar-refractivity contribution is 5.77. The summed E-state index contributed by atoms with van der Waals surface area (Å²) in [4.78, 5) is 22.2. The van der Waals surface area contributed by atoms with Crippen LogP contribution < -0.4 is 5.32 Å². The fourth-order valence-corrected chi connectivity index (χ4v) is 2.47. The van der Waals surface area contributed by atoms with Gasteiger partial charge in [0.25, 0.3) is 0 Å². The topological polar surface area (TPSA) is 66.4 Å². The molecule has 0 unspecified atom stereocenters. The molecule has 1 amide bonds. The van der Waals surface area contributed by atoms with E-state index in [1.165, 1.54) is 0 Å². The van der Waals surface area contributed by atoms with E-state index in [0.717, 1.165) is 32.1 Å². The first-order valence-electron chi connectivity index (χ1n) is 5.50. The van der Waals surface area contributed by atoms with Gasteiger partial charge in [-0.3, -0.25) is 9.59 Å². The van der Waals surface area contributed by atoms with E-state index in [4.69, 9.17) is 5.11 Å². The molecule has 0 aromatic heterocycles. The standard InChI is InChI=1S/C11H19NO3/c1-12-9(13)7-11(8-10(14)15)5-3-2-4-6-11/h2-8H2,1H3,(H,12,13)(H,14,15). The molecule has 2 N–H and O–H groups in total. The van der Waals surface area contributed by atoms with E-state index in [2.05, 4.69) is 5.32 Å². The zero-order valence-corrected chi connectivity index (χ0v) is 9.21. The van der Waals surface area contributed by atoms with Gasteiger partial charge in [-0.25, -0.2) is 0 Å². The Kier molecular flexibility index (Phi) is 4.12. The highest BCUT2D eigenvalue weighted by atomic mass is 16.4. The van der Waals surface area contributed by atoms with Crippen molar-refractivity contribution in [1.29, 1.82) is 0 Å². The summed E-state index contributed by atoms with van der Waals surface area (Å²) in [5.74, 6) is -0.834. The number of aliphatic carboxylic acids is 1. The number of hydrogen-bond acceptors (Lipinski definition) is 2. The molecule has 1 saturated carbocycles. The van der Waals surface area contributed by atoms with Crippen LogP contribution in [0.1, 0.15) is 44.9 Å². The molecule has 1 aliphatic carbocycles. The van der Waals surface area contributed by atoms with Crippen LogP contribution in [0.15, 0.2) is 0 Å². The molecule has 15 heavy (non-hydrogen) atoms. The zero-order chi connectivity index (χ0) is 11.3. The maximum Gasteiger partial charge on any atom is 0.303 e. The lowest BCUT2D eigenvalue weighted by Gasteiger charge is -2.35. The third kappa shape index (κ3) is 3.53. The first-order valence-corrected chi connectivity index (χ1v) is 5.50. The molecule has 0 aromatic carbocycles. The smallest absolute Gasteiger partial charge is 0.303 e. The summed E-state index contributed by atoms with van der Waals surface area (Å²) in [5, 5.41) is 11.5. The molecule has 1 fully saturated rings. The highest BCUT2D eigenvalue weighted by Gasteiger charge is 2.36. The number of nitrogens with one attached hydrogen (secondary N) is 1. The highest BCUT2D eigenvalue weighted by Crippen LogP contribution is 2.42. The summed E-state index contributed by atoms with van der Waals surface area (Å²) in [6.07, 6.45) is 5.47. The molecule has 0 saturated heterocycles. The Morgan fingerprint density at radius 3 is 2.27 bits per heavy atom. The van der Waals surface area contributed by atoms with Crippen LogP contribution in [0.25, 0.3) is 0 Å². The Morgan fingerprint density at radius 2 is 1.80 bits per heavy atom. The molecule has 4 heteroatoms. The average molecular weight is 213 g/mol. The van der Waals surface area contributed by atoms with Crippen LogP contribution in [-0.2, 0) is 9.59 Å². The van der Waals surface area contributed by atoms with Gasteiger partial charge in [0.05, 0.1) is 6.42 Å². The predicted octanol–water partition coefficient (Wildman–Crippen LogP) is 1.55. The van der Waals surface area contributed by atoms with Crippen LogP contribution >= 0.6 is 0 Å². The van der Waals surface area contributed by atoms with Crippen molar-refractivity contribution >= 4 is 11.9 Å². The number of carbonyl (C=O) groups excluding carboxylic acids is 1. The molecule has 0 atom stereocenters. The van der Waals surface area contributed by atoms with Crippen LogP contribution in [0.2, 0.25) is 0 Å². The molecule has 86 valence electrons. The molecule has 1 aliphatic rings. The van der Waals surface area contributed by atoms with Gasteiger partial charge in [-0.2, -0.15) is 0 Å². The van der Waals surface area contributed by atoms with Gasteiger partial charge in [0, 0.05) is 13.5 Å². The van der Waals surface area contributed by atoms with Crippen molar-refractivity contribution in [1.82, 2.24) is 5.32 Å². The van der Waals surface area contributed by atoms with E-state index < -0.39 is 5.97 Å². The average Bonchev–Trinajstić information content (AvgIpc) is 2.17. The van der Waals surface area contributed by atoms with E-state index in [-0.39, 0.29) is 17.7 Å². The number of carbonyl (C=O) groups is 2. The van der Waals surface area contributed by atoms with Crippen molar-refractivity contribution in [3.05, 3.63) is 0 Å². The summed E-state index contributed by atoms with van der Waals surface area (Å²) < 4.78 is 0. The van der Waals surface area contributed by atoms with Crippen molar-refractivity contribution in [2.45, 2.75) is 44.9 Å². The normalized spacial score (nSPS) is 19.5. The molecule has 0 aliphatic heterocycles. The summed E-state index contributed by atoms with van der Waals surface area (Å²) in [5.41, 5.74) is -0.288. The molecule has 1 rings (SSSR count). The maximum atomic E-state index is 11.4. The van der Waals surface area contributed by atoms with E-state index >= 15 is 0 Å². The summed E-state index contributed by atoms with van der Waals surface area (Å²) >= 11 is 0. The summed E-state index contributed by atoms with van der Waals surface area (Å²) in [7, 11) is 1.60. The Balaban J connectivity index is 2.65. The molecular weight excluding hydrogens is 194 g/mol. The molecule has 0 aromatic rings. The van der Waals surface area contributed by atoms with E-state index in [1.54, 1.807) is 7.05 Å². The van der Waals surface area contributed by atoms with Crippen LogP contribution in [-0.4, -0.2) is 24.0 Å². The van der Waals surface area contributed by atoms with E-state index in [1.807, 2.05) is 0 Å². The zero-order valence-electron chi connectivity index (χ0n) is 9.21. The SMILES string of the molecule is CNC(=O)CC1(CC(=O)O)CCCCC1. The minimum absolute atomic E-state index is 0.0434. The van der Waals surface area contributed by atoms with Gasteiger partial charge in [0.15, 0.2) is 0 Å². The van der Waals surface area contributed by atoms with Crippen molar-refractivity contribution < 1.29 is 14.7 Å². The van der Waals surface area contributed by atoms with Gasteiger partial charge in [0.2, 0.25) is 5.91 Å². The second-order valence-corrected chi connectivity index (χ2v) is 4.48. The first-order chi connectivity index (χ1) is 7.08. The Bertz CT molecular complexity index is 244. The minimum Gasteiger partial charge on any atom is -0.481 e. The third-order valence-electron chi connectivity index (χ3n) is 3.25. The number of carboxylic acid groups (broad SMARTS) is 1. The van der Waals surface area contributed by atoms with Crippen LogP contribution in [0.3, 0.4) is 0 Å². The number of rotatable bonds is 4. The fraction of sp³-hybridized carbons (Fsp3) is 0.818. The quantitative estimate of drug-likeness (QED) is 0.744. The van der Waals surface area contributed by atoms with Crippen LogP contribution in [0, 0.1) is 5.41 Å². The van der Waals surface area contributed by atoms with Crippen molar-refractivity contribution in [3.63, 3.8) is 0 Å². The summed E-state index contributed by atoms with van der Waals surface area (Å²) in [6, 6.07) is 0. The van der Waals surface area contributed by atoms with Gasteiger partial charge in [-0.1, -0.05) is 19.3 Å². The lowest BCUT2D eigenvalue weighted by molar-refractivity contribution is -0.141. The number of hydrogen-bond donors (Lipinski definition) is 2. The van der Waals surface area contributed by atoms with Gasteiger partial charge in [-0.05, 0) is 18.3 Å². The largest absolute Gasteiger partial charge is 0.481 e. The first kappa shape index (κ1) is 12.0. The Hall–Kier alpha value is -1.06. The molecule has 0 spiro atoms. The minimum atomic E-state index is -0.791. The molecule has 0 heterocycles. The van der Waals surface area contributed by atoms with Gasteiger partial charge in [0.1, 0.15) is 0 Å². The van der Waals surface area contributed by atoms with Crippen molar-refractivity contribution in [3.8, 4) is 0 Å². The fourth-order valence-electron chi connectivity index (χ4n) is 2.47. The lowest BCUT2D eigenvalue weighted by Crippen LogP contribution is -2.33. The second-order valence-electron chi connectivity index (χ2n) is 4.48. The van der Waals surface area contributed by atoms with Crippen molar-refractivity contribution in [2.75, 3.05) is 7.05 Å². The summed E-state index contributed by atoms with van der Waals surface area (Å²) in [6.45, 7) is 0. The predicted molar refractivity (Wildman–Crippen MR) is 56.5 cm³/mol. The van der Waals surface area contributed by atoms with E-state index in [0.29, 0.717) is 6.42 Å². The van der Waals surface area contributed by atoms with Crippen molar-refractivity contribution in [2.24, 2.45) is 5.41 Å². The van der Waals surface area contributed by atoms with Gasteiger partial charge in [-0.15, -0.1) is 0 Å². The van der Waals surface area contributed by atoms with Crippen LogP contribution in [0.4, 0.5) is 0 Å². The van der Waals surface area contributed by atoms with Gasteiger partial charge < -0.3 is 10.4 Å². The van der Waals surface area contributed by atoms with Crippen LogP contribution in [0.5, 0.6) is 0 Å². The lowest BCUT2D eigenvalue weighted by atomic mass is 9.69. The molecule has 0 bridgehead atoms. The molecular formula is C11H19NO3. The van der Waals surface area contributed by atoms with E-state index in [9.17, 15) is 9.59 Å². The Morgan fingerprint density at radius 1 is 1.20 bits per heavy atom. The Labute approximate surface area is 90.0 Å².